The number of hydrogen-bond donors (Lipinski definition) is 1. The maximum atomic E-state index is 14.0. The van der Waals surface area contributed by atoms with E-state index in [1.54, 1.807) is 16.2 Å². The molecule has 3 heterocycles. The Bertz CT molecular complexity index is 1270. The molecule has 1 aliphatic heterocycles. The summed E-state index contributed by atoms with van der Waals surface area (Å²) in [7, 11) is 0. The van der Waals surface area contributed by atoms with Crippen LogP contribution in [0.2, 0.25) is 0 Å². The first-order chi connectivity index (χ1) is 17.7. The van der Waals surface area contributed by atoms with E-state index in [4.69, 9.17) is 15.0 Å². The molecule has 0 aliphatic carbocycles. The van der Waals surface area contributed by atoms with Gasteiger partial charge < -0.3 is 19.9 Å². The third-order valence-electron chi connectivity index (χ3n) is 7.29. The fourth-order valence-corrected chi connectivity index (χ4v) is 6.17. The summed E-state index contributed by atoms with van der Waals surface area (Å²) in [6, 6.07) is 9.57. The van der Waals surface area contributed by atoms with Crippen molar-refractivity contribution in [2.24, 2.45) is 11.7 Å². The largest absolute Gasteiger partial charge is 0.468 e. The summed E-state index contributed by atoms with van der Waals surface area (Å²) in [5.41, 5.74) is 9.67. The van der Waals surface area contributed by atoms with Crippen molar-refractivity contribution in [2.75, 3.05) is 13.2 Å². The smallest absolute Gasteiger partial charge is 0.254 e. The molecule has 4 rings (SSSR count). The third kappa shape index (κ3) is 4.90. The summed E-state index contributed by atoms with van der Waals surface area (Å²) in [5, 5.41) is 3.83. The van der Waals surface area contributed by atoms with Crippen molar-refractivity contribution < 1.29 is 23.6 Å². The van der Waals surface area contributed by atoms with Gasteiger partial charge >= 0.3 is 0 Å². The average molecular weight is 525 g/mol. The van der Waals surface area contributed by atoms with E-state index in [0.717, 1.165) is 21.7 Å². The first-order valence-corrected chi connectivity index (χ1v) is 13.2. The summed E-state index contributed by atoms with van der Waals surface area (Å²) in [6.45, 7) is 7.99. The number of aromatic nitrogens is 2. The summed E-state index contributed by atoms with van der Waals surface area (Å²) in [5.74, 6) is -1.49. The van der Waals surface area contributed by atoms with E-state index in [1.165, 1.54) is 6.07 Å². The number of thiazole rings is 1. The number of carbonyl (C=O) groups is 3. The fourth-order valence-electron chi connectivity index (χ4n) is 5.36. The second-order valence-corrected chi connectivity index (χ2v) is 10.6. The van der Waals surface area contributed by atoms with Crippen molar-refractivity contribution in [2.45, 2.75) is 57.9 Å². The van der Waals surface area contributed by atoms with Gasteiger partial charge in [0.2, 0.25) is 11.8 Å². The number of carbonyl (C=O) groups excluding carboxylic acids is 3. The number of benzene rings is 1. The van der Waals surface area contributed by atoms with Gasteiger partial charge in [0, 0.05) is 18.5 Å². The maximum absolute atomic E-state index is 14.0. The molecule has 1 aliphatic rings. The highest BCUT2D eigenvalue weighted by molar-refractivity contribution is 7.13. The predicted octanol–water partition coefficient (Wildman–Crippen LogP) is 4.07. The first kappa shape index (κ1) is 26.5. The second kappa shape index (κ2) is 10.8. The number of ether oxygens (including phenoxy) is 1. The Kier molecular flexibility index (Phi) is 7.77. The van der Waals surface area contributed by atoms with Crippen LogP contribution in [0.25, 0.3) is 10.4 Å². The second-order valence-electron chi connectivity index (χ2n) is 9.76. The van der Waals surface area contributed by atoms with Crippen LogP contribution in [0.5, 0.6) is 5.88 Å². The summed E-state index contributed by atoms with van der Waals surface area (Å²) < 4.78 is 10.7. The monoisotopic (exact) mass is 524 g/mol. The number of likely N-dealkylation sites (tertiary alicyclic amines) is 1. The van der Waals surface area contributed by atoms with Crippen LogP contribution in [0.3, 0.4) is 0 Å². The Morgan fingerprint density at radius 3 is 2.59 bits per heavy atom. The maximum Gasteiger partial charge on any atom is 0.254 e. The Hall–Kier alpha value is -3.53. The highest BCUT2D eigenvalue weighted by atomic mass is 32.1. The van der Waals surface area contributed by atoms with E-state index in [1.807, 2.05) is 57.5 Å². The quantitative estimate of drug-likeness (QED) is 0.396. The Balaban J connectivity index is 1.65. The molecular weight excluding hydrogens is 492 g/mol. The Labute approximate surface area is 220 Å². The van der Waals surface area contributed by atoms with Gasteiger partial charge in [0.1, 0.15) is 18.1 Å². The minimum Gasteiger partial charge on any atom is -0.468 e. The van der Waals surface area contributed by atoms with Crippen molar-refractivity contribution in [3.05, 3.63) is 52.9 Å². The number of aldehydes is 1. The highest BCUT2D eigenvalue weighted by Gasteiger charge is 2.54. The lowest BCUT2D eigenvalue weighted by molar-refractivity contribution is -0.147. The minimum atomic E-state index is -1.18. The molecule has 0 saturated carbocycles. The lowest BCUT2D eigenvalue weighted by atomic mass is 9.76. The molecule has 1 fully saturated rings. The minimum absolute atomic E-state index is 0.132. The van der Waals surface area contributed by atoms with Crippen LogP contribution in [0.1, 0.15) is 62.5 Å². The summed E-state index contributed by atoms with van der Waals surface area (Å²) in [4.78, 5) is 44.9. The van der Waals surface area contributed by atoms with E-state index < -0.39 is 17.4 Å². The van der Waals surface area contributed by atoms with Crippen LogP contribution in [-0.4, -0.2) is 51.8 Å². The van der Waals surface area contributed by atoms with Crippen LogP contribution in [0, 0.1) is 12.8 Å². The van der Waals surface area contributed by atoms with Gasteiger partial charge in [-0.05, 0) is 42.0 Å². The molecule has 3 aromatic rings. The summed E-state index contributed by atoms with van der Waals surface area (Å²) in [6.07, 6.45) is 1.74. The molecule has 10 heteroatoms. The molecule has 0 radical (unpaired) electrons. The lowest BCUT2D eigenvalue weighted by Gasteiger charge is -2.42. The zero-order chi connectivity index (χ0) is 26.7. The first-order valence-electron chi connectivity index (χ1n) is 12.4. The van der Waals surface area contributed by atoms with Crippen molar-refractivity contribution in [1.82, 2.24) is 15.0 Å². The molecular formula is C27H32N4O5S. The molecule has 2 N–H and O–H groups in total. The van der Waals surface area contributed by atoms with Gasteiger partial charge in [-0.25, -0.2) is 4.98 Å². The molecule has 37 heavy (non-hydrogen) atoms. The van der Waals surface area contributed by atoms with Crippen molar-refractivity contribution in [3.63, 3.8) is 0 Å². The van der Waals surface area contributed by atoms with Gasteiger partial charge in [-0.3, -0.25) is 14.4 Å². The van der Waals surface area contributed by atoms with E-state index in [-0.39, 0.29) is 30.2 Å². The van der Waals surface area contributed by atoms with Gasteiger partial charge in [0.25, 0.3) is 5.88 Å². The molecule has 2 amide bonds. The van der Waals surface area contributed by atoms with E-state index in [0.29, 0.717) is 31.4 Å². The third-order valence-corrected chi connectivity index (χ3v) is 8.27. The van der Waals surface area contributed by atoms with Crippen molar-refractivity contribution in [1.29, 1.82) is 0 Å². The topological polar surface area (TPSA) is 129 Å². The van der Waals surface area contributed by atoms with Crippen LogP contribution in [-0.2, 0) is 14.4 Å². The Morgan fingerprint density at radius 1 is 1.27 bits per heavy atom. The van der Waals surface area contributed by atoms with E-state index >= 15 is 0 Å². The average Bonchev–Trinajstić information content (AvgIpc) is 3.62. The number of primary amides is 1. The number of nitrogens with zero attached hydrogens (tertiary/aromatic N) is 3. The zero-order valence-corrected chi connectivity index (χ0v) is 22.3. The predicted molar refractivity (Wildman–Crippen MR) is 139 cm³/mol. The molecule has 3 atom stereocenters. The number of aryl methyl sites for hydroxylation is 1. The normalized spacial score (nSPS) is 19.1. The Morgan fingerprint density at radius 2 is 2.00 bits per heavy atom. The van der Waals surface area contributed by atoms with Crippen LogP contribution in [0.15, 0.2) is 40.4 Å². The number of hydrogen-bond acceptors (Lipinski definition) is 8. The molecule has 1 unspecified atom stereocenters. The number of nitrogens with two attached hydrogens (primary N) is 1. The number of rotatable bonds is 10. The standard InChI is InChI=1S/C27H32N4O5S/c1-16(2)23(21-14-22(30-36-21)35-13-12-32)25(33)31-11-5-10-27(31,26(28)34)17(3)19-6-8-20(9-7-19)24-18(4)29-15-37-24/h6-9,12,14-17,23H,5,10-11,13H2,1-4H3,(H2,28,34)/t17-,23+,27?/m0/s1. The molecule has 2 aromatic heterocycles. The SMILES string of the molecule is Cc1ncsc1-c1ccc([C@H](C)C2(C(N)=O)CCCN2C(=O)[C@@H](c2cc(OCC=O)no2)C(C)C)cc1. The molecule has 196 valence electrons. The van der Waals surface area contributed by atoms with E-state index in [2.05, 4.69) is 10.1 Å². The van der Waals surface area contributed by atoms with Crippen molar-refractivity contribution in [3.8, 4) is 16.3 Å². The molecule has 0 spiro atoms. The van der Waals surface area contributed by atoms with Gasteiger partial charge in [0.15, 0.2) is 12.0 Å². The summed E-state index contributed by atoms with van der Waals surface area (Å²) >= 11 is 1.58. The lowest BCUT2D eigenvalue weighted by Crippen LogP contribution is -2.60. The molecule has 1 aromatic carbocycles. The zero-order valence-electron chi connectivity index (χ0n) is 21.5. The van der Waals surface area contributed by atoms with Gasteiger partial charge in [-0.1, -0.05) is 45.0 Å². The van der Waals surface area contributed by atoms with E-state index in [9.17, 15) is 14.4 Å². The molecule has 9 nitrogen and oxygen atoms in total. The fraction of sp³-hybridized carbons (Fsp3) is 0.444. The van der Waals surface area contributed by atoms with Crippen LogP contribution in [0.4, 0.5) is 0 Å². The van der Waals surface area contributed by atoms with Crippen LogP contribution < -0.4 is 10.5 Å². The molecule has 1 saturated heterocycles. The van der Waals surface area contributed by atoms with Crippen molar-refractivity contribution >= 4 is 29.4 Å². The number of amides is 2. The van der Waals surface area contributed by atoms with Crippen LogP contribution >= 0.6 is 11.3 Å². The van der Waals surface area contributed by atoms with Gasteiger partial charge in [-0.2, -0.15) is 0 Å². The van der Waals surface area contributed by atoms with Gasteiger partial charge in [-0.15, -0.1) is 11.3 Å². The molecule has 0 bridgehead atoms. The van der Waals surface area contributed by atoms with Gasteiger partial charge in [0.05, 0.1) is 16.1 Å². The highest BCUT2D eigenvalue weighted by Crippen LogP contribution is 2.44.